The molecule has 1 spiro atoms. The van der Waals surface area contributed by atoms with Crippen molar-refractivity contribution in [2.24, 2.45) is 5.41 Å². The molecule has 2 rings (SSSR count). The molecule has 1 heterocycles. The molecule has 1 N–H and O–H groups in total. The van der Waals surface area contributed by atoms with Crippen molar-refractivity contribution in [3.8, 4) is 0 Å². The van der Waals surface area contributed by atoms with Gasteiger partial charge in [0.05, 0.1) is 0 Å². The van der Waals surface area contributed by atoms with Crippen LogP contribution in [0.25, 0.3) is 0 Å². The molecule has 0 bridgehead atoms. The summed E-state index contributed by atoms with van der Waals surface area (Å²) in [4.78, 5) is 23.9. The minimum atomic E-state index is -0.858. The van der Waals surface area contributed by atoms with Crippen LogP contribution in [-0.2, 0) is 9.53 Å². The highest BCUT2D eigenvalue weighted by Crippen LogP contribution is 2.46. The van der Waals surface area contributed by atoms with Crippen LogP contribution in [0.5, 0.6) is 0 Å². The molecule has 0 aromatic heterocycles. The highest BCUT2D eigenvalue weighted by Gasteiger charge is 2.46. The summed E-state index contributed by atoms with van der Waals surface area (Å²) in [5.74, 6) is -0.858. The second kappa shape index (κ2) is 4.24. The van der Waals surface area contributed by atoms with Gasteiger partial charge in [0.25, 0.3) is 0 Å². The quantitative estimate of drug-likeness (QED) is 0.754. The van der Waals surface area contributed by atoms with Gasteiger partial charge in [-0.05, 0) is 12.8 Å². The predicted molar refractivity (Wildman–Crippen MR) is 60.5 cm³/mol. The Balaban J connectivity index is 1.91. The van der Waals surface area contributed by atoms with Gasteiger partial charge in [0.2, 0.25) is 0 Å². The van der Waals surface area contributed by atoms with Crippen molar-refractivity contribution in [3.63, 3.8) is 0 Å². The number of rotatable bonds is 3. The highest BCUT2D eigenvalue weighted by molar-refractivity contribution is 5.89. The Morgan fingerprint density at radius 1 is 1.65 bits per heavy atom. The van der Waals surface area contributed by atoms with Gasteiger partial charge in [0, 0.05) is 24.1 Å². The molecule has 1 unspecified atom stereocenters. The minimum absolute atomic E-state index is 0.124. The predicted octanol–water partition coefficient (Wildman–Crippen LogP) is 1.42. The molecule has 0 saturated carbocycles. The number of carbonyl (C=O) groups is 2. The lowest BCUT2D eigenvalue weighted by molar-refractivity contribution is -0.133. The first-order chi connectivity index (χ1) is 8.06. The van der Waals surface area contributed by atoms with Gasteiger partial charge in [0.1, 0.15) is 6.61 Å². The van der Waals surface area contributed by atoms with E-state index in [1.807, 2.05) is 0 Å². The van der Waals surface area contributed by atoms with Gasteiger partial charge in [-0.3, -0.25) is 0 Å². The summed E-state index contributed by atoms with van der Waals surface area (Å²) >= 11 is 0. The van der Waals surface area contributed by atoms with Crippen molar-refractivity contribution in [2.75, 3.05) is 19.7 Å². The van der Waals surface area contributed by atoms with Crippen LogP contribution in [0.15, 0.2) is 24.3 Å². The maximum Gasteiger partial charge on any atom is 0.410 e. The number of hydrogen-bond acceptors (Lipinski definition) is 3. The Kier molecular flexibility index (Phi) is 2.92. The molecule has 17 heavy (non-hydrogen) atoms. The van der Waals surface area contributed by atoms with Crippen LogP contribution in [0.1, 0.15) is 12.8 Å². The van der Waals surface area contributed by atoms with Crippen molar-refractivity contribution >= 4 is 12.1 Å². The maximum atomic E-state index is 11.6. The van der Waals surface area contributed by atoms with E-state index in [0.29, 0.717) is 25.1 Å². The molecule has 0 radical (unpaired) electrons. The van der Waals surface area contributed by atoms with Crippen LogP contribution >= 0.6 is 0 Å². The number of amides is 1. The van der Waals surface area contributed by atoms with E-state index in [9.17, 15) is 9.59 Å². The normalized spacial score (nSPS) is 26.4. The zero-order valence-corrected chi connectivity index (χ0v) is 9.52. The second-order valence-corrected chi connectivity index (χ2v) is 4.55. The van der Waals surface area contributed by atoms with Crippen LogP contribution in [0, 0.1) is 5.41 Å². The van der Waals surface area contributed by atoms with Crippen molar-refractivity contribution in [1.82, 2.24) is 4.90 Å². The van der Waals surface area contributed by atoms with Crippen LogP contribution in [-0.4, -0.2) is 41.8 Å². The van der Waals surface area contributed by atoms with Gasteiger partial charge in [-0.1, -0.05) is 18.7 Å². The van der Waals surface area contributed by atoms with E-state index >= 15 is 0 Å². The molecule has 0 aromatic carbocycles. The average molecular weight is 237 g/mol. The van der Waals surface area contributed by atoms with Gasteiger partial charge in [0.15, 0.2) is 0 Å². The summed E-state index contributed by atoms with van der Waals surface area (Å²) in [5.41, 5.74) is 0.326. The van der Waals surface area contributed by atoms with E-state index in [4.69, 9.17) is 9.84 Å². The third-order valence-electron chi connectivity index (χ3n) is 3.27. The van der Waals surface area contributed by atoms with Crippen LogP contribution in [0.4, 0.5) is 4.79 Å². The fraction of sp³-hybridized carbons (Fsp3) is 0.500. The molecule has 2 aliphatic rings. The number of nitrogens with zero attached hydrogens (tertiary/aromatic N) is 1. The fourth-order valence-corrected chi connectivity index (χ4v) is 2.39. The fourth-order valence-electron chi connectivity index (χ4n) is 2.39. The standard InChI is InChI=1S/C12H15NO4/c1-2-5-17-11(16)13-4-3-12(8-13)6-9(7-12)10(14)15/h2,6H,1,3-5,7-8H2,(H,14,15). The Labute approximate surface area is 99.4 Å². The maximum absolute atomic E-state index is 11.6. The number of likely N-dealkylation sites (tertiary alicyclic amines) is 1. The number of carboxylic acids is 1. The Morgan fingerprint density at radius 2 is 2.35 bits per heavy atom. The van der Waals surface area contributed by atoms with E-state index in [-0.39, 0.29) is 18.1 Å². The number of hydrogen-bond donors (Lipinski definition) is 1. The molecule has 1 aliphatic carbocycles. The first kappa shape index (κ1) is 11.7. The average Bonchev–Trinajstić information content (AvgIpc) is 2.68. The van der Waals surface area contributed by atoms with E-state index in [2.05, 4.69) is 6.58 Å². The molecule has 5 heteroatoms. The number of ether oxygens (including phenoxy) is 1. The molecule has 1 fully saturated rings. The van der Waals surface area contributed by atoms with Gasteiger partial charge in [-0.25, -0.2) is 9.59 Å². The smallest absolute Gasteiger partial charge is 0.410 e. The van der Waals surface area contributed by atoms with E-state index in [1.165, 1.54) is 6.08 Å². The number of carboxylic acid groups (broad SMARTS) is 1. The lowest BCUT2D eigenvalue weighted by Gasteiger charge is -2.34. The Bertz CT molecular complexity index is 401. The Hall–Kier alpha value is -1.78. The number of carbonyl (C=O) groups excluding carboxylic acids is 1. The van der Waals surface area contributed by atoms with E-state index < -0.39 is 5.97 Å². The molecular weight excluding hydrogens is 222 g/mol. The summed E-state index contributed by atoms with van der Waals surface area (Å²) < 4.78 is 4.94. The monoisotopic (exact) mass is 237 g/mol. The molecule has 5 nitrogen and oxygen atoms in total. The summed E-state index contributed by atoms with van der Waals surface area (Å²) in [6, 6.07) is 0. The zero-order valence-electron chi connectivity index (χ0n) is 9.52. The second-order valence-electron chi connectivity index (χ2n) is 4.55. The topological polar surface area (TPSA) is 66.8 Å². The Morgan fingerprint density at radius 3 is 2.94 bits per heavy atom. The molecule has 1 aliphatic heterocycles. The first-order valence-corrected chi connectivity index (χ1v) is 5.54. The largest absolute Gasteiger partial charge is 0.478 e. The van der Waals surface area contributed by atoms with Crippen LogP contribution in [0.2, 0.25) is 0 Å². The molecular formula is C12H15NO4. The SMILES string of the molecule is C=CCOC(=O)N1CCC2(C=C(C(=O)O)C2)C1. The van der Waals surface area contributed by atoms with Crippen molar-refractivity contribution in [1.29, 1.82) is 0 Å². The lowest BCUT2D eigenvalue weighted by atomic mass is 9.70. The number of aliphatic carboxylic acids is 1. The lowest BCUT2D eigenvalue weighted by Crippen LogP contribution is -2.36. The summed E-state index contributed by atoms with van der Waals surface area (Å²) in [5, 5.41) is 8.78. The molecule has 0 aromatic rings. The first-order valence-electron chi connectivity index (χ1n) is 5.54. The van der Waals surface area contributed by atoms with E-state index in [1.54, 1.807) is 11.0 Å². The van der Waals surface area contributed by atoms with Crippen molar-refractivity contribution < 1.29 is 19.4 Å². The van der Waals surface area contributed by atoms with Crippen LogP contribution in [0.3, 0.4) is 0 Å². The molecule has 1 atom stereocenters. The zero-order chi connectivity index (χ0) is 12.5. The van der Waals surface area contributed by atoms with Crippen LogP contribution < -0.4 is 0 Å². The summed E-state index contributed by atoms with van der Waals surface area (Å²) in [6.07, 6.45) is 4.31. The summed E-state index contributed by atoms with van der Waals surface area (Å²) in [6.45, 7) is 4.86. The van der Waals surface area contributed by atoms with Gasteiger partial charge >= 0.3 is 12.1 Å². The van der Waals surface area contributed by atoms with Gasteiger partial charge in [-0.2, -0.15) is 0 Å². The highest BCUT2D eigenvalue weighted by atomic mass is 16.6. The third-order valence-corrected chi connectivity index (χ3v) is 3.27. The minimum Gasteiger partial charge on any atom is -0.478 e. The van der Waals surface area contributed by atoms with Crippen molar-refractivity contribution in [2.45, 2.75) is 12.8 Å². The third kappa shape index (κ3) is 2.18. The molecule has 1 amide bonds. The van der Waals surface area contributed by atoms with E-state index in [0.717, 1.165) is 6.42 Å². The summed E-state index contributed by atoms with van der Waals surface area (Å²) in [7, 11) is 0. The molecule has 92 valence electrons. The molecule has 1 saturated heterocycles. The van der Waals surface area contributed by atoms with Gasteiger partial charge in [-0.15, -0.1) is 0 Å². The van der Waals surface area contributed by atoms with Gasteiger partial charge < -0.3 is 14.7 Å². The van der Waals surface area contributed by atoms with Crippen molar-refractivity contribution in [3.05, 3.63) is 24.3 Å².